The maximum Gasteiger partial charge on any atom is 0.379 e. The highest BCUT2D eigenvalue weighted by Crippen LogP contribution is 2.46. The lowest BCUT2D eigenvalue weighted by molar-refractivity contribution is -0.612. The molecule has 1 N–H and O–H groups in total. The number of anilines is 1. The summed E-state index contributed by atoms with van der Waals surface area (Å²) < 4.78 is 23.1. The first-order chi connectivity index (χ1) is 16.3. The van der Waals surface area contributed by atoms with E-state index in [9.17, 15) is 19.9 Å². The van der Waals surface area contributed by atoms with Crippen LogP contribution in [0.4, 0.5) is 10.1 Å². The van der Waals surface area contributed by atoms with Gasteiger partial charge in [0.15, 0.2) is 6.20 Å². The molecule has 0 saturated carbocycles. The highest BCUT2D eigenvalue weighted by molar-refractivity contribution is 8.00. The molecule has 0 aliphatic carbocycles. The van der Waals surface area contributed by atoms with Crippen LogP contribution in [-0.2, 0) is 0 Å². The number of piperazine rings is 1. The summed E-state index contributed by atoms with van der Waals surface area (Å²) in [6.45, 7) is 5.48. The standard InChI is InChI=1S/C23H23FN4O5S/c1-14-28-17-13-18(16(24)12-15(17)21(29)20(23(30)31)22(28)34-14)26-8-6-25(7-9-26)10-11-33-19-4-2-3-5-27(19)32/h2-5,12-14H,6-11H2,1H3,(H,30,31). The van der Waals surface area contributed by atoms with E-state index in [1.165, 1.54) is 24.0 Å². The van der Waals surface area contributed by atoms with E-state index in [-0.39, 0.29) is 22.2 Å². The number of carbonyl (C=O) groups is 1. The van der Waals surface area contributed by atoms with E-state index in [4.69, 9.17) is 4.74 Å². The van der Waals surface area contributed by atoms with Crippen molar-refractivity contribution in [1.29, 1.82) is 0 Å². The SMILES string of the molecule is CC1Sc2c(C(=O)O)c(=O)c3cc(F)c(N4CCN(CCOc5cccc[n+]5[O-])CC4)cc3n21. The molecule has 34 heavy (non-hydrogen) atoms. The van der Waals surface area contributed by atoms with Gasteiger partial charge in [0.2, 0.25) is 5.43 Å². The third-order valence-corrected chi connectivity index (χ3v) is 7.42. The van der Waals surface area contributed by atoms with Crippen LogP contribution in [0.25, 0.3) is 10.9 Å². The van der Waals surface area contributed by atoms with E-state index in [0.29, 0.717) is 60.3 Å². The second-order valence-electron chi connectivity index (χ2n) is 8.26. The molecule has 1 atom stereocenters. The van der Waals surface area contributed by atoms with Gasteiger partial charge in [-0.2, -0.15) is 0 Å². The molecule has 2 aliphatic heterocycles. The summed E-state index contributed by atoms with van der Waals surface area (Å²) in [5, 5.41) is 21.6. The minimum Gasteiger partial charge on any atom is -0.616 e. The number of benzene rings is 1. The molecule has 5 rings (SSSR count). The molecule has 0 bridgehead atoms. The Balaban J connectivity index is 1.31. The summed E-state index contributed by atoms with van der Waals surface area (Å²) in [5.74, 6) is -1.58. The average molecular weight is 487 g/mol. The number of halogens is 1. The van der Waals surface area contributed by atoms with E-state index in [1.54, 1.807) is 28.8 Å². The Hall–Kier alpha value is -3.31. The molecule has 2 aromatic heterocycles. The van der Waals surface area contributed by atoms with E-state index >= 15 is 4.39 Å². The number of carboxylic acid groups (broad SMARTS) is 1. The van der Waals surface area contributed by atoms with Crippen LogP contribution < -0.4 is 19.8 Å². The summed E-state index contributed by atoms with van der Waals surface area (Å²) in [6, 6.07) is 7.83. The zero-order valence-electron chi connectivity index (χ0n) is 18.4. The van der Waals surface area contributed by atoms with Crippen LogP contribution >= 0.6 is 11.8 Å². The summed E-state index contributed by atoms with van der Waals surface area (Å²) >= 11 is 1.33. The Morgan fingerprint density at radius 2 is 2.06 bits per heavy atom. The minimum atomic E-state index is -1.29. The predicted octanol–water partition coefficient (Wildman–Crippen LogP) is 2.30. The number of ether oxygens (including phenoxy) is 1. The minimum absolute atomic E-state index is 0.0382. The second kappa shape index (κ2) is 8.80. The molecule has 2 aliphatic rings. The third-order valence-electron chi connectivity index (χ3n) is 6.25. The third kappa shape index (κ3) is 3.84. The van der Waals surface area contributed by atoms with Crippen molar-refractivity contribution < 1.29 is 23.8 Å². The first kappa shape index (κ1) is 22.5. The van der Waals surface area contributed by atoms with Crippen molar-refractivity contribution in [2.45, 2.75) is 17.3 Å². The fourth-order valence-electron chi connectivity index (χ4n) is 4.48. The lowest BCUT2D eigenvalue weighted by atomic mass is 10.1. The van der Waals surface area contributed by atoms with Gasteiger partial charge in [-0.25, -0.2) is 9.18 Å². The Bertz CT molecular complexity index is 1340. The number of fused-ring (bicyclic) bond motifs is 3. The van der Waals surface area contributed by atoms with Gasteiger partial charge in [0.05, 0.1) is 27.7 Å². The number of thioether (sulfide) groups is 1. The number of hydrogen-bond acceptors (Lipinski definition) is 7. The molecule has 1 fully saturated rings. The normalized spacial score (nSPS) is 17.9. The highest BCUT2D eigenvalue weighted by Gasteiger charge is 2.33. The van der Waals surface area contributed by atoms with E-state index in [2.05, 4.69) is 4.90 Å². The number of carboxylic acids is 1. The summed E-state index contributed by atoms with van der Waals surface area (Å²) in [5.41, 5.74) is 0.0106. The molecular weight excluding hydrogens is 463 g/mol. The molecule has 4 heterocycles. The van der Waals surface area contributed by atoms with Crippen molar-refractivity contribution in [2.75, 3.05) is 44.2 Å². The van der Waals surface area contributed by atoms with E-state index in [0.717, 1.165) is 0 Å². The molecule has 1 unspecified atom stereocenters. The predicted molar refractivity (Wildman–Crippen MR) is 125 cm³/mol. The summed E-state index contributed by atoms with van der Waals surface area (Å²) in [4.78, 5) is 28.5. The van der Waals surface area contributed by atoms with Gasteiger partial charge in [-0.05, 0) is 25.1 Å². The van der Waals surface area contributed by atoms with Crippen molar-refractivity contribution in [2.24, 2.45) is 0 Å². The topological polar surface area (TPSA) is 102 Å². The van der Waals surface area contributed by atoms with E-state index < -0.39 is 17.2 Å². The molecule has 3 aromatic rings. The van der Waals surface area contributed by atoms with Crippen LogP contribution in [0.2, 0.25) is 0 Å². The molecule has 0 amide bonds. The number of pyridine rings is 2. The number of hydrogen-bond donors (Lipinski definition) is 1. The smallest absolute Gasteiger partial charge is 0.379 e. The van der Waals surface area contributed by atoms with Crippen LogP contribution in [-0.4, -0.2) is 59.9 Å². The van der Waals surface area contributed by atoms with Crippen LogP contribution in [0.5, 0.6) is 5.88 Å². The van der Waals surface area contributed by atoms with Crippen LogP contribution in [0.3, 0.4) is 0 Å². The Morgan fingerprint density at radius 3 is 2.74 bits per heavy atom. The first-order valence-electron chi connectivity index (χ1n) is 10.9. The quantitative estimate of drug-likeness (QED) is 0.418. The summed E-state index contributed by atoms with van der Waals surface area (Å²) in [7, 11) is 0. The van der Waals surface area contributed by atoms with Gasteiger partial charge in [-0.3, -0.25) is 9.69 Å². The zero-order valence-corrected chi connectivity index (χ0v) is 19.3. The van der Waals surface area contributed by atoms with Crippen LogP contribution in [0.15, 0.2) is 46.3 Å². The zero-order chi connectivity index (χ0) is 24.0. The lowest BCUT2D eigenvalue weighted by Gasteiger charge is -2.37. The van der Waals surface area contributed by atoms with Gasteiger partial charge in [0.1, 0.15) is 18.0 Å². The monoisotopic (exact) mass is 486 g/mol. The first-order valence-corrected chi connectivity index (χ1v) is 11.8. The van der Waals surface area contributed by atoms with Crippen molar-refractivity contribution in [3.8, 4) is 5.88 Å². The molecule has 1 saturated heterocycles. The highest BCUT2D eigenvalue weighted by atomic mass is 32.2. The molecule has 0 spiro atoms. The van der Waals surface area contributed by atoms with Crippen molar-refractivity contribution in [3.05, 3.63) is 63.3 Å². The van der Waals surface area contributed by atoms with E-state index in [1.807, 2.05) is 11.8 Å². The van der Waals surface area contributed by atoms with Gasteiger partial charge in [0.25, 0.3) is 0 Å². The van der Waals surface area contributed by atoms with Crippen molar-refractivity contribution >= 4 is 34.3 Å². The number of nitrogens with zero attached hydrogens (tertiary/aromatic N) is 4. The molecular formula is C23H23FN4O5S. The molecule has 1 aromatic carbocycles. The maximum absolute atomic E-state index is 15.1. The fraction of sp³-hybridized carbons (Fsp3) is 0.348. The molecule has 9 nitrogen and oxygen atoms in total. The van der Waals surface area contributed by atoms with Gasteiger partial charge < -0.3 is 24.5 Å². The Kier molecular flexibility index (Phi) is 5.82. The Morgan fingerprint density at radius 1 is 1.29 bits per heavy atom. The maximum atomic E-state index is 15.1. The van der Waals surface area contributed by atoms with Crippen LogP contribution in [0.1, 0.15) is 22.7 Å². The summed E-state index contributed by atoms with van der Waals surface area (Å²) in [6.07, 6.45) is 1.38. The van der Waals surface area contributed by atoms with Gasteiger partial charge in [0, 0.05) is 44.2 Å². The number of aromatic carboxylic acids is 1. The Labute approximate surface area is 198 Å². The number of rotatable bonds is 6. The fourth-order valence-corrected chi connectivity index (χ4v) is 5.64. The largest absolute Gasteiger partial charge is 0.616 e. The number of aromatic nitrogens is 2. The molecule has 178 valence electrons. The van der Waals surface area contributed by atoms with Crippen LogP contribution in [0, 0.1) is 11.0 Å². The van der Waals surface area contributed by atoms with Gasteiger partial charge in [-0.15, -0.1) is 4.73 Å². The van der Waals surface area contributed by atoms with Gasteiger partial charge >= 0.3 is 11.8 Å². The average Bonchev–Trinajstić information content (AvgIpc) is 2.80. The molecule has 11 heteroatoms. The van der Waals surface area contributed by atoms with Crippen molar-refractivity contribution in [1.82, 2.24) is 9.47 Å². The second-order valence-corrected chi connectivity index (χ2v) is 9.57. The van der Waals surface area contributed by atoms with Gasteiger partial charge in [-0.1, -0.05) is 11.8 Å². The van der Waals surface area contributed by atoms with Crippen molar-refractivity contribution in [3.63, 3.8) is 0 Å². The molecule has 0 radical (unpaired) electrons. The lowest BCUT2D eigenvalue weighted by Crippen LogP contribution is -2.48.